The number of aliphatic imine (C=N–C) groups is 1. The molecular formula is C14H15NO3. The Morgan fingerprint density at radius 2 is 2.22 bits per heavy atom. The van der Waals surface area contributed by atoms with Crippen LogP contribution in [0.5, 0.6) is 0 Å². The van der Waals surface area contributed by atoms with Crippen LogP contribution in [0, 0.1) is 0 Å². The van der Waals surface area contributed by atoms with E-state index >= 15 is 0 Å². The lowest BCUT2D eigenvalue weighted by Gasteiger charge is -2.43. The second-order valence-corrected chi connectivity index (χ2v) is 4.35. The van der Waals surface area contributed by atoms with Gasteiger partial charge in [-0.3, -0.25) is 0 Å². The van der Waals surface area contributed by atoms with E-state index in [-0.39, 0.29) is 12.5 Å². The number of benzene rings is 1. The molecule has 0 aliphatic heterocycles. The van der Waals surface area contributed by atoms with E-state index in [0.717, 1.165) is 12.0 Å². The van der Waals surface area contributed by atoms with Crippen molar-refractivity contribution < 1.29 is 14.3 Å². The Hall–Kier alpha value is -1.93. The summed E-state index contributed by atoms with van der Waals surface area (Å²) in [4.78, 5) is 26.4. The van der Waals surface area contributed by atoms with Gasteiger partial charge in [-0.25, -0.2) is 9.59 Å². The first-order valence-electron chi connectivity index (χ1n) is 6.06. The van der Waals surface area contributed by atoms with Crippen LogP contribution in [0.4, 0.5) is 0 Å². The normalized spacial score (nSPS) is 25.7. The van der Waals surface area contributed by atoms with Crippen LogP contribution in [0.2, 0.25) is 0 Å². The molecule has 1 aliphatic rings. The van der Waals surface area contributed by atoms with E-state index in [1.54, 1.807) is 6.92 Å². The molecule has 0 aromatic heterocycles. The van der Waals surface area contributed by atoms with E-state index in [4.69, 9.17) is 4.74 Å². The molecule has 0 spiro atoms. The second kappa shape index (κ2) is 5.15. The Morgan fingerprint density at radius 3 is 2.72 bits per heavy atom. The molecule has 4 nitrogen and oxygen atoms in total. The highest BCUT2D eigenvalue weighted by Gasteiger charge is 2.55. The predicted molar refractivity (Wildman–Crippen MR) is 65.9 cm³/mol. The van der Waals surface area contributed by atoms with Gasteiger partial charge in [0, 0.05) is 5.92 Å². The van der Waals surface area contributed by atoms with Crippen molar-refractivity contribution >= 4 is 12.0 Å². The van der Waals surface area contributed by atoms with E-state index in [2.05, 4.69) is 4.99 Å². The summed E-state index contributed by atoms with van der Waals surface area (Å²) >= 11 is 0. The van der Waals surface area contributed by atoms with Crippen LogP contribution >= 0.6 is 0 Å². The van der Waals surface area contributed by atoms with Crippen molar-refractivity contribution in [2.75, 3.05) is 6.61 Å². The zero-order chi connectivity index (χ0) is 13.0. The number of nitrogens with zero attached hydrogens (tertiary/aromatic N) is 1. The monoisotopic (exact) mass is 245 g/mol. The molecule has 2 atom stereocenters. The molecule has 94 valence electrons. The molecule has 1 aromatic carbocycles. The highest BCUT2D eigenvalue weighted by Crippen LogP contribution is 2.49. The summed E-state index contributed by atoms with van der Waals surface area (Å²) in [6.07, 6.45) is 2.89. The first-order chi connectivity index (χ1) is 8.74. The van der Waals surface area contributed by atoms with E-state index in [1.165, 1.54) is 6.08 Å². The third-order valence-electron chi connectivity index (χ3n) is 3.47. The fraction of sp³-hybridized carbons (Fsp3) is 0.429. The Bertz CT molecular complexity index is 479. The van der Waals surface area contributed by atoms with Crippen LogP contribution < -0.4 is 0 Å². The van der Waals surface area contributed by atoms with Gasteiger partial charge in [0.2, 0.25) is 6.08 Å². The topological polar surface area (TPSA) is 55.7 Å². The van der Waals surface area contributed by atoms with Gasteiger partial charge in [0.1, 0.15) is 0 Å². The van der Waals surface area contributed by atoms with Gasteiger partial charge in [0.25, 0.3) is 0 Å². The van der Waals surface area contributed by atoms with E-state index in [9.17, 15) is 9.59 Å². The Balaban J connectivity index is 2.32. The lowest BCUT2D eigenvalue weighted by atomic mass is 9.64. The molecule has 0 radical (unpaired) electrons. The zero-order valence-electron chi connectivity index (χ0n) is 10.3. The Morgan fingerprint density at radius 1 is 1.50 bits per heavy atom. The van der Waals surface area contributed by atoms with E-state index in [1.807, 2.05) is 30.3 Å². The minimum atomic E-state index is -1.06. The molecule has 4 heteroatoms. The molecule has 18 heavy (non-hydrogen) atoms. The fourth-order valence-electron chi connectivity index (χ4n) is 2.45. The maximum atomic E-state index is 12.0. The molecule has 2 rings (SSSR count). The van der Waals surface area contributed by atoms with Crippen LogP contribution in [0.3, 0.4) is 0 Å². The van der Waals surface area contributed by atoms with Crippen molar-refractivity contribution in [1.82, 2.24) is 0 Å². The van der Waals surface area contributed by atoms with E-state index < -0.39 is 11.5 Å². The molecule has 1 saturated carbocycles. The number of hydrogen-bond acceptors (Lipinski definition) is 4. The van der Waals surface area contributed by atoms with Crippen molar-refractivity contribution in [2.24, 2.45) is 4.99 Å². The summed E-state index contributed by atoms with van der Waals surface area (Å²) < 4.78 is 5.04. The molecule has 2 unspecified atom stereocenters. The Kier molecular flexibility index (Phi) is 3.58. The maximum Gasteiger partial charge on any atom is 0.335 e. The molecule has 1 aromatic rings. The number of rotatable bonds is 4. The summed E-state index contributed by atoms with van der Waals surface area (Å²) in [5.74, 6) is -0.507. The standard InChI is InChI=1S/C14H15NO3/c1-2-18-13(17)14(15-10-16)9-8-12(14)11-6-4-3-5-7-11/h3-7,12H,2,8-9H2,1H3. The van der Waals surface area contributed by atoms with Crippen LogP contribution in [0.25, 0.3) is 0 Å². The van der Waals surface area contributed by atoms with Crippen molar-refractivity contribution in [1.29, 1.82) is 0 Å². The zero-order valence-corrected chi connectivity index (χ0v) is 10.3. The van der Waals surface area contributed by atoms with Gasteiger partial charge in [-0.15, -0.1) is 0 Å². The van der Waals surface area contributed by atoms with Crippen molar-refractivity contribution in [3.8, 4) is 0 Å². The molecule has 1 aliphatic carbocycles. The average molecular weight is 245 g/mol. The number of esters is 1. The lowest BCUT2D eigenvalue weighted by molar-refractivity contribution is -0.154. The highest BCUT2D eigenvalue weighted by atomic mass is 16.5. The minimum Gasteiger partial charge on any atom is -0.464 e. The van der Waals surface area contributed by atoms with E-state index in [0.29, 0.717) is 6.42 Å². The van der Waals surface area contributed by atoms with Crippen molar-refractivity contribution in [3.05, 3.63) is 35.9 Å². The molecule has 0 heterocycles. The van der Waals surface area contributed by atoms with Gasteiger partial charge >= 0.3 is 5.97 Å². The number of hydrogen-bond donors (Lipinski definition) is 0. The first-order valence-corrected chi connectivity index (χ1v) is 6.06. The molecule has 0 N–H and O–H groups in total. The maximum absolute atomic E-state index is 12.0. The third kappa shape index (κ3) is 1.95. The van der Waals surface area contributed by atoms with Crippen LogP contribution in [-0.4, -0.2) is 24.2 Å². The number of carbonyl (C=O) groups excluding carboxylic acids is 2. The van der Waals surface area contributed by atoms with Gasteiger partial charge in [0.05, 0.1) is 6.61 Å². The molecule has 0 saturated heterocycles. The molecule has 0 bridgehead atoms. The quantitative estimate of drug-likeness (QED) is 0.464. The van der Waals surface area contributed by atoms with Gasteiger partial charge in [0.15, 0.2) is 5.54 Å². The Labute approximate surface area is 106 Å². The second-order valence-electron chi connectivity index (χ2n) is 4.35. The predicted octanol–water partition coefficient (Wildman–Crippen LogP) is 2.20. The third-order valence-corrected chi connectivity index (χ3v) is 3.47. The SMILES string of the molecule is CCOC(=O)C1(N=C=O)CCC1c1ccccc1. The largest absolute Gasteiger partial charge is 0.464 e. The highest BCUT2D eigenvalue weighted by molar-refractivity contribution is 5.85. The van der Waals surface area contributed by atoms with Crippen LogP contribution in [0.1, 0.15) is 31.2 Å². The van der Waals surface area contributed by atoms with Gasteiger partial charge in [-0.1, -0.05) is 30.3 Å². The van der Waals surface area contributed by atoms with Gasteiger partial charge in [-0.05, 0) is 25.3 Å². The number of ether oxygens (including phenoxy) is 1. The number of isocyanates is 1. The smallest absolute Gasteiger partial charge is 0.335 e. The lowest BCUT2D eigenvalue weighted by Crippen LogP contribution is -2.51. The summed E-state index contributed by atoms with van der Waals surface area (Å²) in [5, 5.41) is 0. The summed E-state index contributed by atoms with van der Waals surface area (Å²) in [6.45, 7) is 2.03. The minimum absolute atomic E-state index is 0.0841. The first kappa shape index (κ1) is 12.5. The molecular weight excluding hydrogens is 230 g/mol. The number of carbonyl (C=O) groups is 1. The molecule has 0 amide bonds. The average Bonchev–Trinajstić information content (AvgIpc) is 2.36. The summed E-state index contributed by atoms with van der Waals surface area (Å²) in [6, 6.07) is 9.62. The summed E-state index contributed by atoms with van der Waals surface area (Å²) in [7, 11) is 0. The van der Waals surface area contributed by atoms with Gasteiger partial charge in [-0.2, -0.15) is 4.99 Å². The van der Waals surface area contributed by atoms with Gasteiger partial charge < -0.3 is 4.74 Å². The van der Waals surface area contributed by atoms with Crippen molar-refractivity contribution in [2.45, 2.75) is 31.2 Å². The van der Waals surface area contributed by atoms with Crippen molar-refractivity contribution in [3.63, 3.8) is 0 Å². The summed E-state index contributed by atoms with van der Waals surface area (Å²) in [5.41, 5.74) is -0.0464. The van der Waals surface area contributed by atoms with Crippen LogP contribution in [-0.2, 0) is 14.3 Å². The molecule has 1 fully saturated rings. The fourth-order valence-corrected chi connectivity index (χ4v) is 2.45. The van der Waals surface area contributed by atoms with Crippen LogP contribution in [0.15, 0.2) is 35.3 Å².